The zero-order valence-corrected chi connectivity index (χ0v) is 11.7. The van der Waals surface area contributed by atoms with E-state index in [0.717, 1.165) is 31.4 Å². The highest BCUT2D eigenvalue weighted by atomic mass is 32.1. The average Bonchev–Trinajstić information content (AvgIpc) is 3.09. The van der Waals surface area contributed by atoms with Crippen molar-refractivity contribution in [3.8, 4) is 0 Å². The van der Waals surface area contributed by atoms with Crippen LogP contribution in [-0.2, 0) is 11.2 Å². The maximum Gasteiger partial charge on any atom is 0.263 e. The van der Waals surface area contributed by atoms with Crippen molar-refractivity contribution in [2.45, 2.75) is 38.1 Å². The molecule has 2 heterocycles. The second kappa shape index (κ2) is 4.59. The van der Waals surface area contributed by atoms with Crippen LogP contribution in [0.4, 0.5) is 0 Å². The Labute approximate surface area is 115 Å². The number of piperidine rings is 1. The molecule has 0 spiro atoms. The number of rotatable bonds is 4. The molecule has 2 unspecified atom stereocenters. The zero-order valence-electron chi connectivity index (χ0n) is 10.9. The van der Waals surface area contributed by atoms with Gasteiger partial charge in [-0.25, -0.2) is 4.98 Å². The highest BCUT2D eigenvalue weighted by Crippen LogP contribution is 2.40. The third kappa shape index (κ3) is 2.14. The largest absolute Gasteiger partial charge is 0.349 e. The third-order valence-electron chi connectivity index (χ3n) is 4.14. The minimum Gasteiger partial charge on any atom is -0.349 e. The number of fused-ring (bicyclic) bond motifs is 2. The Balaban J connectivity index is 1.64. The molecular formula is C13H17N3O2S. The van der Waals surface area contributed by atoms with E-state index in [9.17, 15) is 9.59 Å². The van der Waals surface area contributed by atoms with Gasteiger partial charge in [0.25, 0.3) is 5.91 Å². The van der Waals surface area contributed by atoms with Crippen LogP contribution in [0.5, 0.6) is 0 Å². The summed E-state index contributed by atoms with van der Waals surface area (Å²) < 4.78 is 0. The molecule has 2 aliphatic rings. The predicted octanol–water partition coefficient (Wildman–Crippen LogP) is 1.10. The molecule has 0 radical (unpaired) electrons. The molecule has 6 heteroatoms. The highest BCUT2D eigenvalue weighted by molar-refractivity contribution is 7.11. The van der Waals surface area contributed by atoms with Crippen LogP contribution in [0.25, 0.3) is 0 Å². The summed E-state index contributed by atoms with van der Waals surface area (Å²) in [6.07, 6.45) is 3.53. The van der Waals surface area contributed by atoms with Crippen LogP contribution in [0, 0.1) is 5.92 Å². The topological polar surface area (TPSA) is 71.1 Å². The quantitative estimate of drug-likeness (QED) is 0.867. The number of aryl methyl sites for hydroxylation is 1. The van der Waals surface area contributed by atoms with Gasteiger partial charge in [0.1, 0.15) is 4.88 Å². The van der Waals surface area contributed by atoms with E-state index in [2.05, 4.69) is 15.6 Å². The van der Waals surface area contributed by atoms with Crippen LogP contribution < -0.4 is 10.6 Å². The molecule has 1 aliphatic heterocycles. The molecule has 1 aromatic heterocycles. The van der Waals surface area contributed by atoms with E-state index in [1.807, 2.05) is 6.92 Å². The summed E-state index contributed by atoms with van der Waals surface area (Å²) in [6, 6.07) is 0. The first-order valence-electron chi connectivity index (χ1n) is 6.66. The van der Waals surface area contributed by atoms with Crippen LogP contribution in [0.2, 0.25) is 0 Å². The van der Waals surface area contributed by atoms with Gasteiger partial charge in [-0.05, 0) is 25.7 Å². The molecular weight excluding hydrogens is 262 g/mol. The Kier molecular flexibility index (Phi) is 3.05. The minimum atomic E-state index is -0.200. The lowest BCUT2D eigenvalue weighted by Crippen LogP contribution is -2.51. The smallest absolute Gasteiger partial charge is 0.263 e. The zero-order chi connectivity index (χ0) is 13.5. The van der Waals surface area contributed by atoms with Crippen molar-refractivity contribution in [2.24, 2.45) is 5.92 Å². The molecule has 2 bridgehead atoms. The van der Waals surface area contributed by atoms with Crippen LogP contribution in [0.3, 0.4) is 0 Å². The summed E-state index contributed by atoms with van der Waals surface area (Å²) in [5.74, 6) is 0.234. The Morgan fingerprint density at radius 2 is 2.53 bits per heavy atom. The monoisotopic (exact) mass is 279 g/mol. The number of hydrogen-bond acceptors (Lipinski definition) is 4. The molecule has 3 rings (SSSR count). The maximum absolute atomic E-state index is 12.1. The summed E-state index contributed by atoms with van der Waals surface area (Å²) >= 11 is 1.37. The number of nitrogens with one attached hydrogen (secondary N) is 2. The second-order valence-corrected chi connectivity index (χ2v) is 6.23. The number of amides is 2. The first kappa shape index (κ1) is 12.6. The Bertz CT molecular complexity index is 528. The Hall–Kier alpha value is -1.43. The van der Waals surface area contributed by atoms with Crippen LogP contribution in [0.1, 0.15) is 41.6 Å². The van der Waals surface area contributed by atoms with E-state index in [-0.39, 0.29) is 23.3 Å². The van der Waals surface area contributed by atoms with Crippen LogP contribution in [-0.4, -0.2) is 28.9 Å². The number of carbonyl (C=O) groups excluding carboxylic acids is 2. The van der Waals surface area contributed by atoms with Gasteiger partial charge in [0, 0.05) is 12.5 Å². The molecule has 5 nitrogen and oxygen atoms in total. The van der Waals surface area contributed by atoms with E-state index in [0.29, 0.717) is 11.4 Å². The molecule has 19 heavy (non-hydrogen) atoms. The summed E-state index contributed by atoms with van der Waals surface area (Å²) in [7, 11) is 0. The first-order chi connectivity index (χ1) is 9.13. The molecule has 1 aromatic rings. The molecule has 1 saturated carbocycles. The first-order valence-corrected chi connectivity index (χ1v) is 7.54. The summed E-state index contributed by atoms with van der Waals surface area (Å²) in [6.45, 7) is 2.51. The number of thiazole rings is 1. The molecule has 2 atom stereocenters. The van der Waals surface area contributed by atoms with Crippen molar-refractivity contribution >= 4 is 23.2 Å². The van der Waals surface area contributed by atoms with E-state index in [1.54, 1.807) is 5.51 Å². The van der Waals surface area contributed by atoms with Crippen LogP contribution in [0.15, 0.2) is 5.51 Å². The van der Waals surface area contributed by atoms with Gasteiger partial charge in [0.05, 0.1) is 16.7 Å². The SMILES string of the molecule is CCc1ncsc1C(=O)NCC12CCC(C1)C(=O)N2. The van der Waals surface area contributed by atoms with E-state index >= 15 is 0 Å². The molecule has 1 aliphatic carbocycles. The fraction of sp³-hybridized carbons (Fsp3) is 0.615. The highest BCUT2D eigenvalue weighted by Gasteiger charge is 2.49. The van der Waals surface area contributed by atoms with Gasteiger partial charge in [-0.3, -0.25) is 9.59 Å². The summed E-state index contributed by atoms with van der Waals surface area (Å²) in [4.78, 5) is 28.6. The molecule has 2 N–H and O–H groups in total. The Morgan fingerprint density at radius 3 is 3.16 bits per heavy atom. The number of nitrogens with zero attached hydrogens (tertiary/aromatic N) is 1. The number of aromatic nitrogens is 1. The van der Waals surface area contributed by atoms with E-state index in [4.69, 9.17) is 0 Å². The fourth-order valence-electron chi connectivity index (χ4n) is 3.07. The van der Waals surface area contributed by atoms with Gasteiger partial charge in [-0.1, -0.05) is 6.92 Å². The van der Waals surface area contributed by atoms with Crippen molar-refractivity contribution in [3.63, 3.8) is 0 Å². The Morgan fingerprint density at radius 1 is 1.68 bits per heavy atom. The predicted molar refractivity (Wildman–Crippen MR) is 72.0 cm³/mol. The van der Waals surface area contributed by atoms with Gasteiger partial charge in [-0.2, -0.15) is 0 Å². The molecule has 0 aromatic carbocycles. The summed E-state index contributed by atoms with van der Waals surface area (Å²) in [5.41, 5.74) is 2.35. The molecule has 1 saturated heterocycles. The van der Waals surface area contributed by atoms with Gasteiger partial charge < -0.3 is 10.6 Å². The van der Waals surface area contributed by atoms with Crippen molar-refractivity contribution < 1.29 is 9.59 Å². The van der Waals surface area contributed by atoms with E-state index < -0.39 is 0 Å². The molecule has 2 fully saturated rings. The minimum absolute atomic E-state index is 0.0710. The number of hydrogen-bond donors (Lipinski definition) is 2. The van der Waals surface area contributed by atoms with Gasteiger partial charge >= 0.3 is 0 Å². The molecule has 2 amide bonds. The standard InChI is InChI=1S/C13H17N3O2S/c1-2-9-10(19-7-15-9)12(18)14-6-13-4-3-8(5-13)11(17)16-13/h7-8H,2-6H2,1H3,(H,14,18)(H,16,17). The van der Waals surface area contributed by atoms with Crippen molar-refractivity contribution in [1.29, 1.82) is 0 Å². The van der Waals surface area contributed by atoms with Crippen molar-refractivity contribution in [2.75, 3.05) is 6.54 Å². The van der Waals surface area contributed by atoms with Gasteiger partial charge in [-0.15, -0.1) is 11.3 Å². The van der Waals surface area contributed by atoms with Gasteiger partial charge in [0.15, 0.2) is 0 Å². The average molecular weight is 279 g/mol. The van der Waals surface area contributed by atoms with Crippen molar-refractivity contribution in [3.05, 3.63) is 16.1 Å². The fourth-order valence-corrected chi connectivity index (χ4v) is 3.86. The van der Waals surface area contributed by atoms with Crippen LogP contribution >= 0.6 is 11.3 Å². The second-order valence-electron chi connectivity index (χ2n) is 5.37. The van der Waals surface area contributed by atoms with Crippen molar-refractivity contribution in [1.82, 2.24) is 15.6 Å². The lowest BCUT2D eigenvalue weighted by molar-refractivity contribution is -0.124. The van der Waals surface area contributed by atoms with E-state index in [1.165, 1.54) is 11.3 Å². The normalized spacial score (nSPS) is 28.5. The third-order valence-corrected chi connectivity index (χ3v) is 5.00. The number of carbonyl (C=O) groups is 2. The lowest BCUT2D eigenvalue weighted by Gasteiger charge is -2.27. The summed E-state index contributed by atoms with van der Waals surface area (Å²) in [5, 5.41) is 5.99. The molecule has 102 valence electrons. The lowest BCUT2D eigenvalue weighted by atomic mass is 9.99. The van der Waals surface area contributed by atoms with Gasteiger partial charge in [0.2, 0.25) is 5.91 Å². The maximum atomic E-state index is 12.1.